The number of rotatable bonds is 16. The molecule has 0 bridgehead atoms. The van der Waals surface area contributed by atoms with Gasteiger partial charge in [-0.1, -0.05) is 23.5 Å². The molecular weight excluding hydrogens is 837 g/mol. The normalized spacial score (nSPS) is 13.4. The predicted octanol–water partition coefficient (Wildman–Crippen LogP) is 1.42. The Morgan fingerprint density at radius 2 is 1.27 bits per heavy atom. The number of urea groups is 1. The summed E-state index contributed by atoms with van der Waals surface area (Å²) in [4.78, 5) is 43.6. The molecule has 4 aromatic rings. The average Bonchev–Trinajstić information content (AvgIpc) is 3.06. The summed E-state index contributed by atoms with van der Waals surface area (Å²) in [5.74, 6) is -3.07. The van der Waals surface area contributed by atoms with Crippen molar-refractivity contribution in [3.8, 4) is 0 Å². The van der Waals surface area contributed by atoms with Crippen molar-refractivity contribution in [3.05, 3.63) is 42.5 Å². The van der Waals surface area contributed by atoms with E-state index < -0.39 is 91.6 Å². The van der Waals surface area contributed by atoms with Gasteiger partial charge in [0.25, 0.3) is 30.4 Å². The minimum Gasteiger partial charge on any atom is -0.480 e. The molecule has 24 nitrogen and oxygen atoms in total. The molecule has 4 rings (SSSR count). The van der Waals surface area contributed by atoms with Crippen LogP contribution >= 0.6 is 23.5 Å². The minimum absolute atomic E-state index is 0.0158. The van der Waals surface area contributed by atoms with Gasteiger partial charge in [0, 0.05) is 22.6 Å². The summed E-state index contributed by atoms with van der Waals surface area (Å²) < 4.78 is 102. The van der Waals surface area contributed by atoms with Crippen molar-refractivity contribution in [2.45, 2.75) is 37.1 Å². The Bertz CT molecular complexity index is 2530. The average molecular weight is 863 g/mol. The van der Waals surface area contributed by atoms with Gasteiger partial charge in [0.1, 0.15) is 33.2 Å². The van der Waals surface area contributed by atoms with Gasteiger partial charge in [0.15, 0.2) is 10.3 Å². The van der Waals surface area contributed by atoms with Gasteiger partial charge in [-0.05, 0) is 47.9 Å². The number of carboxylic acid groups (broad SMARTS) is 2. The molecule has 294 valence electrons. The van der Waals surface area contributed by atoms with Gasteiger partial charge in [0.05, 0.1) is 10.6 Å². The Morgan fingerprint density at radius 3 is 1.76 bits per heavy atom. The van der Waals surface area contributed by atoms with E-state index in [1.807, 2.05) is 0 Å². The summed E-state index contributed by atoms with van der Waals surface area (Å²) in [5, 5.41) is 29.9. The number of fused-ring (bicyclic) bond motifs is 1. The van der Waals surface area contributed by atoms with Crippen LogP contribution in [-0.4, -0.2) is 106 Å². The lowest BCUT2D eigenvalue weighted by atomic mass is 10.1. The number of anilines is 3. The molecule has 0 saturated heterocycles. The highest BCUT2D eigenvalue weighted by Gasteiger charge is 2.25. The Morgan fingerprint density at radius 1 is 0.727 bits per heavy atom. The number of aromatic nitrogens is 3. The van der Waals surface area contributed by atoms with Gasteiger partial charge in [-0.15, -0.1) is 10.2 Å². The molecule has 0 aliphatic carbocycles. The maximum atomic E-state index is 12.3. The number of nitrogens with zero attached hydrogens (tertiary/aromatic N) is 5. The topological polar surface area (TPSA) is 420 Å². The van der Waals surface area contributed by atoms with E-state index in [1.54, 1.807) is 0 Å². The third-order valence-corrected chi connectivity index (χ3v) is 11.2. The molecule has 0 fully saturated rings. The smallest absolute Gasteiger partial charge is 0.321 e. The monoisotopic (exact) mass is 862 g/mol. The predicted molar refractivity (Wildman–Crippen MR) is 193 cm³/mol. The molecule has 2 unspecified atom stereocenters. The molecule has 0 aliphatic rings. The fraction of sp³-hybridized carbons (Fsp3) is 0.154. The van der Waals surface area contributed by atoms with Crippen molar-refractivity contribution < 1.29 is 63.5 Å². The molecule has 13 N–H and O–H groups in total. The van der Waals surface area contributed by atoms with Crippen molar-refractivity contribution in [2.75, 3.05) is 22.1 Å². The summed E-state index contributed by atoms with van der Waals surface area (Å²) in [5.41, 5.74) is 15.4. The lowest BCUT2D eigenvalue weighted by Gasteiger charge is -2.12. The van der Waals surface area contributed by atoms with Gasteiger partial charge >= 0.3 is 18.0 Å². The van der Waals surface area contributed by atoms with Crippen LogP contribution < -0.4 is 27.8 Å². The van der Waals surface area contributed by atoms with Crippen molar-refractivity contribution in [1.82, 2.24) is 15.0 Å². The molecule has 0 radical (unpaired) electrons. The summed E-state index contributed by atoms with van der Waals surface area (Å²) in [7, 11) is -15.5. The zero-order valence-corrected chi connectivity index (χ0v) is 31.1. The Balaban J connectivity index is 1.78. The third-order valence-electron chi connectivity index (χ3n) is 6.61. The minimum atomic E-state index is -5.23. The molecule has 3 aromatic carbocycles. The van der Waals surface area contributed by atoms with Crippen LogP contribution in [0, 0.1) is 0 Å². The van der Waals surface area contributed by atoms with E-state index in [-0.39, 0.29) is 44.8 Å². The van der Waals surface area contributed by atoms with Crippen LogP contribution in [0.5, 0.6) is 0 Å². The van der Waals surface area contributed by atoms with Gasteiger partial charge in [0.2, 0.25) is 5.95 Å². The second-order valence-corrected chi connectivity index (χ2v) is 16.8. The Labute approximate surface area is 317 Å². The lowest BCUT2D eigenvalue weighted by molar-refractivity contribution is -0.138. The van der Waals surface area contributed by atoms with Crippen molar-refractivity contribution in [2.24, 2.45) is 27.4 Å². The molecule has 1 heterocycles. The molecule has 0 saturated carbocycles. The van der Waals surface area contributed by atoms with Crippen LogP contribution in [0.2, 0.25) is 0 Å². The van der Waals surface area contributed by atoms with Gasteiger partial charge in [-0.25, -0.2) is 4.79 Å². The second kappa shape index (κ2) is 16.7. The highest BCUT2D eigenvalue weighted by Crippen LogP contribution is 2.37. The van der Waals surface area contributed by atoms with Crippen LogP contribution in [0.1, 0.15) is 0 Å². The van der Waals surface area contributed by atoms with E-state index in [4.69, 9.17) is 27.4 Å². The number of nitrogens with two attached hydrogens (primary N) is 3. The SMILES string of the molecule is NC(=O)Nc1cc(Nc2nc(SCC(N)C(=O)O)nc(SCC(N)C(=O)O)n2)ccc1/N=N/c1cc2c(S(=O)(=O)O)cc(S(=O)(=O)O)cc2cc1S(=O)(=O)O. The lowest BCUT2D eigenvalue weighted by Crippen LogP contribution is -2.32. The van der Waals surface area contributed by atoms with E-state index in [2.05, 4.69) is 35.8 Å². The first kappa shape index (κ1) is 42.6. The quantitative estimate of drug-likeness (QED) is 0.0432. The molecule has 0 aliphatic heterocycles. The van der Waals surface area contributed by atoms with Gasteiger partial charge in [-0.3, -0.25) is 23.2 Å². The first-order valence-electron chi connectivity index (χ1n) is 14.3. The van der Waals surface area contributed by atoms with Gasteiger partial charge < -0.3 is 38.0 Å². The highest BCUT2D eigenvalue weighted by atomic mass is 32.2. The van der Waals surface area contributed by atoms with E-state index in [0.29, 0.717) is 18.2 Å². The van der Waals surface area contributed by atoms with E-state index in [1.165, 1.54) is 18.2 Å². The molecule has 2 atom stereocenters. The molecule has 1 aromatic heterocycles. The largest absolute Gasteiger partial charge is 0.480 e. The van der Waals surface area contributed by atoms with E-state index >= 15 is 0 Å². The fourth-order valence-corrected chi connectivity index (χ4v) is 7.72. The van der Waals surface area contributed by atoms with Crippen molar-refractivity contribution in [3.63, 3.8) is 0 Å². The standard InChI is InChI=1S/C26H26N10O14S5/c27-14(21(37)38)8-51-25-32-24(33-26(34-25)52-9-15(28)22(39)40)30-11-1-2-16(17(5-11)31-23(29)41)35-36-18-7-13-10(4-20(18)55(48,49)50)3-12(53(42,43)44)6-19(13)54(45,46)47/h1-7,14-15H,8-9,27-28H2,(H,37,38)(H,39,40)(H3,29,31,41)(H,42,43,44)(H,45,46,47)(H,48,49,50)(H,30,32,33,34)/b36-35+. The number of hydrogen-bond donors (Lipinski definition) is 10. The van der Waals surface area contributed by atoms with Crippen molar-refractivity contribution >= 4 is 111 Å². The summed E-state index contributed by atoms with van der Waals surface area (Å²) in [6.07, 6.45) is 0. The Hall–Kier alpha value is -5.11. The molecule has 2 amide bonds. The molecule has 29 heteroatoms. The number of carbonyl (C=O) groups is 3. The number of hydrogen-bond acceptors (Lipinski definition) is 19. The fourth-order valence-electron chi connectivity index (χ4n) is 4.13. The van der Waals surface area contributed by atoms with Crippen LogP contribution in [0.15, 0.2) is 77.7 Å². The third kappa shape index (κ3) is 11.5. The first-order valence-corrected chi connectivity index (χ1v) is 20.6. The number of nitrogens with one attached hydrogen (secondary N) is 2. The van der Waals surface area contributed by atoms with E-state index in [0.717, 1.165) is 29.6 Å². The zero-order valence-electron chi connectivity index (χ0n) is 27.0. The van der Waals surface area contributed by atoms with Crippen LogP contribution in [-0.2, 0) is 39.9 Å². The number of amides is 2. The maximum absolute atomic E-state index is 12.3. The summed E-state index contributed by atoms with van der Waals surface area (Å²) in [6.45, 7) is 0. The molecule has 0 spiro atoms. The number of benzene rings is 3. The highest BCUT2D eigenvalue weighted by molar-refractivity contribution is 7.99. The number of carboxylic acids is 2. The first-order chi connectivity index (χ1) is 25.4. The number of carbonyl (C=O) groups excluding carboxylic acids is 1. The number of azo groups is 1. The molecular formula is C26H26N10O14S5. The van der Waals surface area contributed by atoms with E-state index in [9.17, 15) is 53.3 Å². The van der Waals surface area contributed by atoms with Crippen LogP contribution in [0.3, 0.4) is 0 Å². The zero-order chi connectivity index (χ0) is 41.0. The molecule has 55 heavy (non-hydrogen) atoms. The van der Waals surface area contributed by atoms with Crippen LogP contribution in [0.4, 0.5) is 33.5 Å². The second-order valence-electron chi connectivity index (χ2n) is 10.7. The maximum Gasteiger partial charge on any atom is 0.321 e. The summed E-state index contributed by atoms with van der Waals surface area (Å²) in [6, 6.07) is 2.46. The van der Waals surface area contributed by atoms with Crippen molar-refractivity contribution in [1.29, 1.82) is 0 Å². The number of thioether (sulfide) groups is 2. The number of aliphatic carboxylic acids is 2. The van der Waals surface area contributed by atoms with Crippen LogP contribution in [0.25, 0.3) is 10.8 Å². The van der Waals surface area contributed by atoms with Gasteiger partial charge in [-0.2, -0.15) is 40.2 Å². The number of primary amides is 1. The Kier molecular flexibility index (Phi) is 13.0. The summed E-state index contributed by atoms with van der Waals surface area (Å²) >= 11 is 1.69.